The van der Waals surface area contributed by atoms with E-state index in [1.54, 1.807) is 18.6 Å². The average molecular weight is 244 g/mol. The quantitative estimate of drug-likeness (QED) is 0.901. The SMILES string of the molecule is CCNc1c(C#N)sc(-c2cnccn2)c1C. The lowest BCUT2D eigenvalue weighted by Gasteiger charge is -2.03. The summed E-state index contributed by atoms with van der Waals surface area (Å²) in [7, 11) is 0. The van der Waals surface area contributed by atoms with Crippen LogP contribution in [0.2, 0.25) is 0 Å². The van der Waals surface area contributed by atoms with E-state index < -0.39 is 0 Å². The molecular weight excluding hydrogens is 232 g/mol. The van der Waals surface area contributed by atoms with Crippen molar-refractivity contribution in [3.63, 3.8) is 0 Å². The number of rotatable bonds is 3. The Hall–Kier alpha value is -1.93. The number of thiophene rings is 1. The number of nitrogens with one attached hydrogen (secondary N) is 1. The minimum absolute atomic E-state index is 0.699. The fraction of sp³-hybridized carbons (Fsp3) is 0.250. The van der Waals surface area contributed by atoms with Crippen molar-refractivity contribution in [2.75, 3.05) is 11.9 Å². The highest BCUT2D eigenvalue weighted by Gasteiger charge is 2.16. The molecule has 0 amide bonds. The van der Waals surface area contributed by atoms with Crippen LogP contribution in [0.5, 0.6) is 0 Å². The predicted molar refractivity (Wildman–Crippen MR) is 69.0 cm³/mol. The molecule has 0 aliphatic rings. The summed E-state index contributed by atoms with van der Waals surface area (Å²) in [6.45, 7) is 4.81. The van der Waals surface area contributed by atoms with Crippen molar-refractivity contribution in [3.8, 4) is 16.6 Å². The van der Waals surface area contributed by atoms with E-state index in [4.69, 9.17) is 5.26 Å². The summed E-state index contributed by atoms with van der Waals surface area (Å²) in [5.41, 5.74) is 2.80. The van der Waals surface area contributed by atoms with E-state index in [0.29, 0.717) is 4.88 Å². The molecule has 2 rings (SSSR count). The highest BCUT2D eigenvalue weighted by atomic mass is 32.1. The zero-order chi connectivity index (χ0) is 12.3. The van der Waals surface area contributed by atoms with Crippen molar-refractivity contribution >= 4 is 17.0 Å². The summed E-state index contributed by atoms with van der Waals surface area (Å²) in [5.74, 6) is 0. The third kappa shape index (κ3) is 2.12. The molecule has 2 heterocycles. The van der Waals surface area contributed by atoms with Crippen LogP contribution >= 0.6 is 11.3 Å². The monoisotopic (exact) mass is 244 g/mol. The molecule has 0 saturated heterocycles. The van der Waals surface area contributed by atoms with Crippen LogP contribution in [0.3, 0.4) is 0 Å². The second kappa shape index (κ2) is 4.93. The summed E-state index contributed by atoms with van der Waals surface area (Å²) in [6.07, 6.45) is 5.02. The summed E-state index contributed by atoms with van der Waals surface area (Å²) >= 11 is 1.45. The van der Waals surface area contributed by atoms with E-state index >= 15 is 0 Å². The van der Waals surface area contributed by atoms with Gasteiger partial charge in [-0.1, -0.05) is 0 Å². The van der Waals surface area contributed by atoms with Crippen molar-refractivity contribution in [1.29, 1.82) is 5.26 Å². The molecule has 4 nitrogen and oxygen atoms in total. The van der Waals surface area contributed by atoms with Gasteiger partial charge in [0, 0.05) is 18.9 Å². The van der Waals surface area contributed by atoms with Crippen LogP contribution in [0.4, 0.5) is 5.69 Å². The molecule has 0 bridgehead atoms. The first-order valence-electron chi connectivity index (χ1n) is 5.31. The van der Waals surface area contributed by atoms with Gasteiger partial charge < -0.3 is 5.32 Å². The van der Waals surface area contributed by atoms with Crippen molar-refractivity contribution in [1.82, 2.24) is 9.97 Å². The zero-order valence-corrected chi connectivity index (χ0v) is 10.5. The smallest absolute Gasteiger partial charge is 0.128 e. The van der Waals surface area contributed by atoms with Gasteiger partial charge in [0.1, 0.15) is 10.9 Å². The van der Waals surface area contributed by atoms with Gasteiger partial charge in [-0.25, -0.2) is 0 Å². The molecule has 0 spiro atoms. The average Bonchev–Trinajstić information content (AvgIpc) is 2.69. The summed E-state index contributed by atoms with van der Waals surface area (Å²) < 4.78 is 0. The third-order valence-electron chi connectivity index (χ3n) is 2.40. The Kier molecular flexibility index (Phi) is 3.35. The number of anilines is 1. The maximum absolute atomic E-state index is 9.11. The number of hydrogen-bond acceptors (Lipinski definition) is 5. The fourth-order valence-corrected chi connectivity index (χ4v) is 2.68. The Morgan fingerprint density at radius 2 is 2.29 bits per heavy atom. The lowest BCUT2D eigenvalue weighted by Crippen LogP contribution is -1.98. The normalized spacial score (nSPS) is 9.94. The van der Waals surface area contributed by atoms with E-state index in [1.165, 1.54) is 11.3 Å². The number of hydrogen-bond donors (Lipinski definition) is 1. The molecular formula is C12H12N4S. The standard InChI is InChI=1S/C12H12N4S/c1-3-15-11-8(2)12(17-10(11)6-13)9-7-14-4-5-16-9/h4-5,7,15H,3H2,1-2H3. The fourth-order valence-electron chi connectivity index (χ4n) is 1.64. The Labute approximate surface area is 104 Å². The Morgan fingerprint density at radius 1 is 1.47 bits per heavy atom. The van der Waals surface area contributed by atoms with Crippen LogP contribution in [0.15, 0.2) is 18.6 Å². The van der Waals surface area contributed by atoms with E-state index in [9.17, 15) is 0 Å². The number of aromatic nitrogens is 2. The molecule has 17 heavy (non-hydrogen) atoms. The minimum Gasteiger partial charge on any atom is -0.383 e. The first-order valence-corrected chi connectivity index (χ1v) is 6.13. The largest absolute Gasteiger partial charge is 0.383 e. The molecule has 5 heteroatoms. The van der Waals surface area contributed by atoms with Gasteiger partial charge in [-0.05, 0) is 19.4 Å². The molecule has 86 valence electrons. The zero-order valence-electron chi connectivity index (χ0n) is 9.69. The van der Waals surface area contributed by atoms with Gasteiger partial charge >= 0.3 is 0 Å². The summed E-state index contributed by atoms with van der Waals surface area (Å²) in [6, 6.07) is 2.22. The maximum Gasteiger partial charge on any atom is 0.128 e. The van der Waals surface area contributed by atoms with E-state index in [2.05, 4.69) is 21.4 Å². The molecule has 0 aromatic carbocycles. The number of nitrogens with zero attached hydrogens (tertiary/aromatic N) is 3. The second-order valence-corrected chi connectivity index (χ2v) is 4.51. The van der Waals surface area contributed by atoms with E-state index in [-0.39, 0.29) is 0 Å². The van der Waals surface area contributed by atoms with Crippen LogP contribution < -0.4 is 5.32 Å². The van der Waals surface area contributed by atoms with Crippen LogP contribution in [0.25, 0.3) is 10.6 Å². The number of nitriles is 1. The topological polar surface area (TPSA) is 61.6 Å². The Balaban J connectivity index is 2.54. The molecule has 0 saturated carbocycles. The second-order valence-electron chi connectivity index (χ2n) is 3.49. The summed E-state index contributed by atoms with van der Waals surface area (Å²) in [5, 5.41) is 12.3. The first kappa shape index (κ1) is 11.6. The van der Waals surface area contributed by atoms with Crippen molar-refractivity contribution in [2.45, 2.75) is 13.8 Å². The highest BCUT2D eigenvalue weighted by Crippen LogP contribution is 2.38. The summed E-state index contributed by atoms with van der Waals surface area (Å²) in [4.78, 5) is 10.0. The van der Waals surface area contributed by atoms with Gasteiger partial charge in [0.05, 0.1) is 22.5 Å². The lowest BCUT2D eigenvalue weighted by molar-refractivity contribution is 1.19. The highest BCUT2D eigenvalue weighted by molar-refractivity contribution is 7.16. The molecule has 2 aromatic rings. The molecule has 0 unspecified atom stereocenters. The first-order chi connectivity index (χ1) is 8.27. The van der Waals surface area contributed by atoms with Gasteiger partial charge in [0.25, 0.3) is 0 Å². The van der Waals surface area contributed by atoms with Crippen molar-refractivity contribution in [2.24, 2.45) is 0 Å². The van der Waals surface area contributed by atoms with Gasteiger partial charge in [0.15, 0.2) is 0 Å². The van der Waals surface area contributed by atoms with E-state index in [0.717, 1.165) is 28.4 Å². The molecule has 0 aliphatic heterocycles. The van der Waals surface area contributed by atoms with Crippen LogP contribution in [-0.4, -0.2) is 16.5 Å². The van der Waals surface area contributed by atoms with Crippen molar-refractivity contribution in [3.05, 3.63) is 29.0 Å². The van der Waals surface area contributed by atoms with Crippen LogP contribution in [0, 0.1) is 18.3 Å². The van der Waals surface area contributed by atoms with Gasteiger partial charge in [-0.2, -0.15) is 5.26 Å². The Bertz CT molecular complexity index is 554. The third-order valence-corrected chi connectivity index (χ3v) is 3.62. The minimum atomic E-state index is 0.699. The maximum atomic E-state index is 9.11. The molecule has 0 radical (unpaired) electrons. The Morgan fingerprint density at radius 3 is 2.88 bits per heavy atom. The molecule has 0 aliphatic carbocycles. The molecule has 1 N–H and O–H groups in total. The van der Waals surface area contributed by atoms with Gasteiger partial charge in [-0.3, -0.25) is 9.97 Å². The van der Waals surface area contributed by atoms with Crippen molar-refractivity contribution < 1.29 is 0 Å². The van der Waals surface area contributed by atoms with E-state index in [1.807, 2.05) is 13.8 Å². The lowest BCUT2D eigenvalue weighted by atomic mass is 10.2. The predicted octanol–water partition coefficient (Wildman–Crippen LogP) is 2.82. The van der Waals surface area contributed by atoms with Gasteiger partial charge in [-0.15, -0.1) is 11.3 Å². The molecule has 0 fully saturated rings. The van der Waals surface area contributed by atoms with Crippen LogP contribution in [0.1, 0.15) is 17.4 Å². The van der Waals surface area contributed by atoms with Gasteiger partial charge in [0.2, 0.25) is 0 Å². The molecule has 2 aromatic heterocycles. The van der Waals surface area contributed by atoms with Crippen LogP contribution in [-0.2, 0) is 0 Å². The molecule has 0 atom stereocenters.